The van der Waals surface area contributed by atoms with Gasteiger partial charge in [-0.25, -0.2) is 0 Å². The number of halogens is 1. The predicted molar refractivity (Wildman–Crippen MR) is 148 cm³/mol. The molecule has 0 saturated heterocycles. The standard InChI is InChI=1S/C31H24PS.ClH/c1-4-13-25(14-5-1)32(26-15-6-2-7-16-26,27-17-8-3-9-18-27)23-28-22-30-29-19-11-10-12-24(29)20-21-31(30)33-28;/h1-22H,23H2;1H/q+1;/p-1. The highest BCUT2D eigenvalue weighted by Gasteiger charge is 2.45. The molecule has 0 aliphatic rings. The van der Waals surface area contributed by atoms with Crippen LogP contribution in [0.1, 0.15) is 4.88 Å². The Hall–Kier alpha value is -2.96. The Labute approximate surface area is 211 Å². The molecule has 6 rings (SSSR count). The molecule has 1 heterocycles. The fraction of sp³-hybridized carbons (Fsp3) is 0.0323. The molecule has 0 aliphatic heterocycles. The van der Waals surface area contributed by atoms with Gasteiger partial charge in [-0.05, 0) is 59.3 Å². The molecule has 0 spiro atoms. The van der Waals surface area contributed by atoms with Gasteiger partial charge in [0.05, 0.1) is 0 Å². The van der Waals surface area contributed by atoms with Crippen LogP contribution in [0.25, 0.3) is 20.9 Å². The van der Waals surface area contributed by atoms with Gasteiger partial charge in [0.25, 0.3) is 0 Å². The molecular weight excluding hydrogens is 471 g/mol. The van der Waals surface area contributed by atoms with Crippen LogP contribution in [-0.4, -0.2) is 0 Å². The molecule has 0 aliphatic carbocycles. The van der Waals surface area contributed by atoms with Crippen LogP contribution in [0.5, 0.6) is 0 Å². The third kappa shape index (κ3) is 3.95. The maximum atomic E-state index is 2.45. The molecule has 3 heteroatoms. The molecule has 34 heavy (non-hydrogen) atoms. The highest BCUT2D eigenvalue weighted by molar-refractivity contribution is 7.95. The Morgan fingerprint density at radius 1 is 0.500 bits per heavy atom. The summed E-state index contributed by atoms with van der Waals surface area (Å²) in [5.41, 5.74) is 0. The number of hydrogen-bond acceptors (Lipinski definition) is 1. The van der Waals surface area contributed by atoms with Crippen LogP contribution < -0.4 is 28.3 Å². The second kappa shape index (κ2) is 9.72. The third-order valence-electron chi connectivity index (χ3n) is 6.46. The van der Waals surface area contributed by atoms with Gasteiger partial charge in [0, 0.05) is 15.0 Å². The van der Waals surface area contributed by atoms with Crippen LogP contribution in [0.4, 0.5) is 0 Å². The molecule has 0 atom stereocenters. The molecule has 5 aromatic carbocycles. The predicted octanol–water partition coefficient (Wildman–Crippen LogP) is 4.55. The van der Waals surface area contributed by atoms with E-state index < -0.39 is 7.26 Å². The van der Waals surface area contributed by atoms with Crippen LogP contribution in [-0.2, 0) is 6.16 Å². The first-order chi connectivity index (χ1) is 16.3. The summed E-state index contributed by atoms with van der Waals surface area (Å²) in [4.78, 5) is 1.45. The van der Waals surface area contributed by atoms with Crippen LogP contribution in [0.3, 0.4) is 0 Å². The van der Waals surface area contributed by atoms with Crippen molar-refractivity contribution in [2.45, 2.75) is 6.16 Å². The van der Waals surface area contributed by atoms with E-state index in [9.17, 15) is 0 Å². The van der Waals surface area contributed by atoms with Crippen molar-refractivity contribution < 1.29 is 12.4 Å². The molecule has 6 aromatic rings. The van der Waals surface area contributed by atoms with E-state index in [1.807, 2.05) is 11.3 Å². The SMILES string of the molecule is [Cl-].c1ccc([P+](Cc2cc3c(ccc4ccccc43)s2)(c2ccccc2)c2ccccc2)cc1. The molecule has 0 bridgehead atoms. The highest BCUT2D eigenvalue weighted by atomic mass is 35.5. The molecule has 0 fully saturated rings. The number of thiophene rings is 1. The van der Waals surface area contributed by atoms with Crippen molar-refractivity contribution in [2.75, 3.05) is 0 Å². The average molecular weight is 495 g/mol. The topological polar surface area (TPSA) is 0 Å². The Morgan fingerprint density at radius 2 is 1.00 bits per heavy atom. The monoisotopic (exact) mass is 494 g/mol. The summed E-state index contributed by atoms with van der Waals surface area (Å²) in [6.07, 6.45) is 1.03. The van der Waals surface area contributed by atoms with Gasteiger partial charge in [-0.3, -0.25) is 0 Å². The summed E-state index contributed by atoms with van der Waals surface area (Å²) >= 11 is 1.95. The minimum atomic E-state index is -1.88. The Morgan fingerprint density at radius 3 is 1.56 bits per heavy atom. The van der Waals surface area contributed by atoms with Crippen LogP contribution in [0, 0.1) is 0 Å². The molecule has 0 saturated carbocycles. The lowest BCUT2D eigenvalue weighted by Gasteiger charge is -2.27. The zero-order valence-corrected chi connectivity index (χ0v) is 21.1. The van der Waals surface area contributed by atoms with Crippen molar-refractivity contribution in [1.82, 2.24) is 0 Å². The van der Waals surface area contributed by atoms with Gasteiger partial charge >= 0.3 is 0 Å². The number of benzene rings is 5. The van der Waals surface area contributed by atoms with Crippen molar-refractivity contribution in [3.05, 3.63) is 138 Å². The Kier molecular flexibility index (Phi) is 6.53. The minimum absolute atomic E-state index is 0. The van der Waals surface area contributed by atoms with Gasteiger partial charge in [0.1, 0.15) is 29.3 Å². The summed E-state index contributed by atoms with van der Waals surface area (Å²) in [5.74, 6) is 0. The molecule has 0 N–H and O–H groups in total. The van der Waals surface area contributed by atoms with Crippen molar-refractivity contribution in [3.8, 4) is 0 Å². The molecule has 1 aromatic heterocycles. The van der Waals surface area contributed by atoms with E-state index in [2.05, 4.69) is 133 Å². The zero-order valence-electron chi connectivity index (χ0n) is 18.6. The first-order valence-electron chi connectivity index (χ1n) is 11.3. The van der Waals surface area contributed by atoms with Gasteiger partial charge in [0.15, 0.2) is 0 Å². The normalized spacial score (nSPS) is 11.4. The van der Waals surface area contributed by atoms with Crippen molar-refractivity contribution in [3.63, 3.8) is 0 Å². The largest absolute Gasteiger partial charge is 1.00 e. The fourth-order valence-electron chi connectivity index (χ4n) is 4.93. The van der Waals surface area contributed by atoms with Crippen LogP contribution >= 0.6 is 18.6 Å². The second-order valence-corrected chi connectivity index (χ2v) is 13.0. The van der Waals surface area contributed by atoms with E-state index in [-0.39, 0.29) is 12.4 Å². The van der Waals surface area contributed by atoms with E-state index >= 15 is 0 Å². The number of rotatable bonds is 5. The lowest BCUT2D eigenvalue weighted by atomic mass is 10.1. The smallest absolute Gasteiger partial charge is 0.117 e. The number of fused-ring (bicyclic) bond motifs is 3. The number of hydrogen-bond donors (Lipinski definition) is 0. The Bertz CT molecular complexity index is 1430. The second-order valence-electron chi connectivity index (χ2n) is 8.39. The van der Waals surface area contributed by atoms with Gasteiger partial charge in [-0.15, -0.1) is 11.3 Å². The maximum Gasteiger partial charge on any atom is 0.117 e. The molecule has 0 amide bonds. The molecule has 0 nitrogen and oxygen atoms in total. The van der Waals surface area contributed by atoms with E-state index in [4.69, 9.17) is 0 Å². The van der Waals surface area contributed by atoms with E-state index in [0.717, 1.165) is 6.16 Å². The molecule has 0 unspecified atom stereocenters. The van der Waals surface area contributed by atoms with Gasteiger partial charge in [-0.1, -0.05) is 84.9 Å². The van der Waals surface area contributed by atoms with Crippen molar-refractivity contribution in [1.29, 1.82) is 0 Å². The third-order valence-corrected chi connectivity index (χ3v) is 12.1. The average Bonchev–Trinajstić information content (AvgIpc) is 3.32. The van der Waals surface area contributed by atoms with Crippen molar-refractivity contribution >= 4 is 55.4 Å². The lowest BCUT2D eigenvalue weighted by molar-refractivity contribution is -0.00000613. The first-order valence-corrected chi connectivity index (χ1v) is 14.1. The van der Waals surface area contributed by atoms with Gasteiger partial charge in [0.2, 0.25) is 0 Å². The van der Waals surface area contributed by atoms with Gasteiger partial charge in [-0.2, -0.15) is 0 Å². The molecule has 0 radical (unpaired) electrons. The van der Waals surface area contributed by atoms with E-state index in [1.165, 1.54) is 41.6 Å². The molecule has 166 valence electrons. The summed E-state index contributed by atoms with van der Waals surface area (Å²) in [5, 5.41) is 8.34. The molecular formula is C31H24ClPS. The van der Waals surface area contributed by atoms with E-state index in [1.54, 1.807) is 0 Å². The van der Waals surface area contributed by atoms with E-state index in [0.29, 0.717) is 0 Å². The lowest BCUT2D eigenvalue weighted by Crippen LogP contribution is -3.00. The van der Waals surface area contributed by atoms with Gasteiger partial charge < -0.3 is 12.4 Å². The summed E-state index contributed by atoms with van der Waals surface area (Å²) in [6.45, 7) is 0. The van der Waals surface area contributed by atoms with Crippen LogP contribution in [0.2, 0.25) is 0 Å². The summed E-state index contributed by atoms with van der Waals surface area (Å²) in [6, 6.07) is 49.2. The highest BCUT2D eigenvalue weighted by Crippen LogP contribution is 2.59. The summed E-state index contributed by atoms with van der Waals surface area (Å²) in [7, 11) is -1.88. The first kappa shape index (κ1) is 22.8. The van der Waals surface area contributed by atoms with Crippen molar-refractivity contribution in [2.24, 2.45) is 0 Å². The zero-order chi connectivity index (χ0) is 22.1. The van der Waals surface area contributed by atoms with Crippen LogP contribution in [0.15, 0.2) is 133 Å². The fourth-order valence-corrected chi connectivity index (χ4v) is 10.7. The quantitative estimate of drug-likeness (QED) is 0.308. The Balaban J connectivity index is 0.00000241. The minimum Gasteiger partial charge on any atom is -1.00 e. The summed E-state index contributed by atoms with van der Waals surface area (Å²) < 4.78 is 1.37. The maximum absolute atomic E-state index is 2.45.